The van der Waals surface area contributed by atoms with Gasteiger partial charge in [0.25, 0.3) is 0 Å². The Morgan fingerprint density at radius 2 is 1.27 bits per heavy atom. The maximum atomic E-state index is 12.3. The van der Waals surface area contributed by atoms with Crippen LogP contribution in [0.2, 0.25) is 6.04 Å². The van der Waals surface area contributed by atoms with Crippen molar-refractivity contribution in [3.05, 3.63) is 0 Å². The SMILES string of the molecule is O=S(=O)(O[Si]1(OS(=O)(=O)C(F)(F)F)CCCOC1)C(F)(F)F. The van der Waals surface area contributed by atoms with E-state index in [1.807, 2.05) is 0 Å². The van der Waals surface area contributed by atoms with Gasteiger partial charge >= 0.3 is 39.8 Å². The molecule has 1 rings (SSSR count). The van der Waals surface area contributed by atoms with Crippen molar-refractivity contribution in [3.8, 4) is 0 Å². The first kappa shape index (κ1) is 19.6. The lowest BCUT2D eigenvalue weighted by molar-refractivity contribution is -0.0542. The molecule has 132 valence electrons. The molecule has 0 aromatic rings. The average Bonchev–Trinajstić information content (AvgIpc) is 2.24. The molecule has 16 heteroatoms. The topological polar surface area (TPSA) is 96.0 Å². The molecule has 7 nitrogen and oxygen atoms in total. The van der Waals surface area contributed by atoms with Crippen LogP contribution in [-0.2, 0) is 32.7 Å². The lowest BCUT2D eigenvalue weighted by Crippen LogP contribution is -2.55. The number of rotatable bonds is 4. The third kappa shape index (κ3) is 4.31. The highest BCUT2D eigenvalue weighted by Crippen LogP contribution is 2.35. The van der Waals surface area contributed by atoms with Crippen LogP contribution in [0.1, 0.15) is 6.42 Å². The molecule has 0 atom stereocenters. The predicted molar refractivity (Wildman–Crippen MR) is 58.1 cm³/mol. The lowest BCUT2D eigenvalue weighted by Gasteiger charge is -2.32. The van der Waals surface area contributed by atoms with E-state index in [0.29, 0.717) is 0 Å². The zero-order valence-corrected chi connectivity index (χ0v) is 12.9. The Kier molecular flexibility index (Phi) is 5.26. The first-order valence-corrected chi connectivity index (χ1v) is 10.3. The largest absolute Gasteiger partial charge is 0.522 e. The smallest absolute Gasteiger partial charge is 0.379 e. The van der Waals surface area contributed by atoms with Gasteiger partial charge in [-0.3, -0.25) is 7.74 Å². The molecule has 1 heterocycles. The molecule has 0 unspecified atom stereocenters. The van der Waals surface area contributed by atoms with Gasteiger partial charge in [-0.15, -0.1) is 0 Å². The van der Waals surface area contributed by atoms with Gasteiger partial charge < -0.3 is 4.74 Å². The van der Waals surface area contributed by atoms with Gasteiger partial charge in [0.1, 0.15) is 0 Å². The van der Waals surface area contributed by atoms with Gasteiger partial charge in [0.05, 0.1) is 6.23 Å². The summed E-state index contributed by atoms with van der Waals surface area (Å²) in [6, 6.07) is -0.738. The second kappa shape index (κ2) is 5.89. The van der Waals surface area contributed by atoms with E-state index < -0.39 is 52.1 Å². The summed E-state index contributed by atoms with van der Waals surface area (Å²) in [6.45, 7) is -0.125. The van der Waals surface area contributed by atoms with Crippen molar-refractivity contribution >= 4 is 28.8 Å². The molecule has 1 saturated heterocycles. The van der Waals surface area contributed by atoms with Gasteiger partial charge in [0, 0.05) is 6.61 Å². The first-order chi connectivity index (χ1) is 9.62. The van der Waals surface area contributed by atoms with E-state index in [1.54, 1.807) is 0 Å². The molecule has 0 bridgehead atoms. The van der Waals surface area contributed by atoms with Crippen molar-refractivity contribution in [2.24, 2.45) is 0 Å². The minimum absolute atomic E-state index is 0.125. The van der Waals surface area contributed by atoms with Gasteiger partial charge in [-0.05, 0) is 12.5 Å². The zero-order chi connectivity index (χ0) is 17.4. The van der Waals surface area contributed by atoms with E-state index >= 15 is 0 Å². The maximum Gasteiger partial charge on any atom is 0.522 e. The van der Waals surface area contributed by atoms with Crippen molar-refractivity contribution < 1.29 is 55.7 Å². The van der Waals surface area contributed by atoms with Gasteiger partial charge in [0.2, 0.25) is 0 Å². The number of hydrogen-bond acceptors (Lipinski definition) is 7. The molecule has 22 heavy (non-hydrogen) atoms. The minimum atomic E-state index is -6.35. The molecule has 0 N–H and O–H groups in total. The fraction of sp³-hybridized carbons (Fsp3) is 1.00. The van der Waals surface area contributed by atoms with Gasteiger partial charge in [-0.2, -0.15) is 43.2 Å². The molecular formula is C6H8F6O7S2Si. The van der Waals surface area contributed by atoms with Crippen LogP contribution < -0.4 is 0 Å². The fourth-order valence-electron chi connectivity index (χ4n) is 1.38. The van der Waals surface area contributed by atoms with Crippen LogP contribution in [0.15, 0.2) is 0 Å². The number of alkyl halides is 6. The Balaban J connectivity index is 3.18. The van der Waals surface area contributed by atoms with E-state index in [1.165, 1.54) is 0 Å². The lowest BCUT2D eigenvalue weighted by atomic mass is 10.5. The average molecular weight is 398 g/mol. The van der Waals surface area contributed by atoms with E-state index in [9.17, 15) is 43.2 Å². The van der Waals surface area contributed by atoms with Crippen LogP contribution in [0.3, 0.4) is 0 Å². The highest BCUT2D eigenvalue weighted by Gasteiger charge is 2.60. The molecular weight excluding hydrogens is 390 g/mol. The summed E-state index contributed by atoms with van der Waals surface area (Å²) in [5.74, 6) is 0. The second-order valence-corrected chi connectivity index (χ2v) is 10.7. The fourth-order valence-corrected chi connectivity index (χ4v) is 8.03. The van der Waals surface area contributed by atoms with Crippen LogP contribution in [0, 0.1) is 0 Å². The molecule has 0 saturated carbocycles. The molecule has 0 radical (unpaired) electrons. The molecule has 0 aliphatic carbocycles. The maximum absolute atomic E-state index is 12.3. The van der Waals surface area contributed by atoms with Crippen LogP contribution in [0.5, 0.6) is 0 Å². The second-order valence-electron chi connectivity index (χ2n) is 4.03. The Morgan fingerprint density at radius 1 is 0.864 bits per heavy atom. The Hall–Kier alpha value is -0.423. The quantitative estimate of drug-likeness (QED) is 0.398. The minimum Gasteiger partial charge on any atom is -0.379 e. The number of ether oxygens (including phenoxy) is 1. The highest BCUT2D eigenvalue weighted by molar-refractivity contribution is 7.90. The first-order valence-electron chi connectivity index (χ1n) is 5.23. The molecule has 1 aliphatic rings. The summed E-state index contributed by atoms with van der Waals surface area (Å²) in [6.07, 6.45) is -1.34. The van der Waals surface area contributed by atoms with Crippen molar-refractivity contribution in [2.45, 2.75) is 23.5 Å². The molecule has 0 aromatic heterocycles. The molecule has 1 fully saturated rings. The molecule has 1 aliphatic heterocycles. The van der Waals surface area contributed by atoms with E-state index in [0.717, 1.165) is 0 Å². The normalized spacial score (nSPS) is 20.8. The Labute approximate surface area is 121 Å². The summed E-state index contributed by atoms with van der Waals surface area (Å²) in [7, 11) is -17.7. The molecule has 0 amide bonds. The Morgan fingerprint density at radius 3 is 1.55 bits per heavy atom. The van der Waals surface area contributed by atoms with Crippen molar-refractivity contribution in [1.29, 1.82) is 0 Å². The standard InChI is InChI=1S/C6H8F6O7S2Si/c7-5(8,9)20(13,14)18-22(3-1-2-17-4-22)19-21(15,16)6(10,11)12/h1-4H2. The van der Waals surface area contributed by atoms with Crippen LogP contribution in [-0.4, -0.2) is 49.3 Å². The van der Waals surface area contributed by atoms with Crippen LogP contribution >= 0.6 is 0 Å². The van der Waals surface area contributed by atoms with Crippen molar-refractivity contribution in [1.82, 2.24) is 0 Å². The van der Waals surface area contributed by atoms with Crippen LogP contribution in [0.25, 0.3) is 0 Å². The summed E-state index contributed by atoms with van der Waals surface area (Å²) >= 11 is 0. The summed E-state index contributed by atoms with van der Waals surface area (Å²) in [4.78, 5) is 0. The van der Waals surface area contributed by atoms with E-state index in [4.69, 9.17) is 0 Å². The predicted octanol–water partition coefficient (Wildman–Crippen LogP) is 1.12. The van der Waals surface area contributed by atoms with Gasteiger partial charge in [0.15, 0.2) is 0 Å². The van der Waals surface area contributed by atoms with E-state index in [-0.39, 0.29) is 13.0 Å². The third-order valence-corrected chi connectivity index (χ3v) is 9.34. The molecule has 0 spiro atoms. The van der Waals surface area contributed by atoms with Crippen molar-refractivity contribution in [3.63, 3.8) is 0 Å². The Bertz CT molecular complexity index is 554. The number of hydrogen-bond donors (Lipinski definition) is 0. The van der Waals surface area contributed by atoms with E-state index in [2.05, 4.69) is 12.5 Å². The summed E-state index contributed by atoms with van der Waals surface area (Å²) in [5, 5.41) is 0. The van der Waals surface area contributed by atoms with Gasteiger partial charge in [-0.25, -0.2) is 0 Å². The van der Waals surface area contributed by atoms with Crippen molar-refractivity contribution in [2.75, 3.05) is 12.8 Å². The zero-order valence-electron chi connectivity index (χ0n) is 10.3. The molecule has 0 aromatic carbocycles. The third-order valence-electron chi connectivity index (χ3n) is 2.26. The summed E-state index contributed by atoms with van der Waals surface area (Å²) in [5.41, 5.74) is -11.9. The number of halogens is 6. The van der Waals surface area contributed by atoms with Crippen LogP contribution in [0.4, 0.5) is 26.3 Å². The monoisotopic (exact) mass is 398 g/mol. The highest BCUT2D eigenvalue weighted by atomic mass is 32.2. The summed E-state index contributed by atoms with van der Waals surface area (Å²) < 4.78 is 129. The van der Waals surface area contributed by atoms with Gasteiger partial charge in [-0.1, -0.05) is 0 Å².